The molecule has 1 unspecified atom stereocenters. The van der Waals surface area contributed by atoms with Crippen molar-refractivity contribution in [3.63, 3.8) is 0 Å². The number of ether oxygens (including phenoxy) is 1. The van der Waals surface area contributed by atoms with Crippen LogP contribution in [0.4, 0.5) is 10.1 Å². The zero-order valence-corrected chi connectivity index (χ0v) is 12.5. The summed E-state index contributed by atoms with van der Waals surface area (Å²) in [6, 6.07) is 4.04. The maximum atomic E-state index is 13.7. The largest absolute Gasteiger partial charge is 0.491 e. The SMILES string of the molecule is CCOc1ccc(NC(=O)c2csc(C(C)N)n2)cc1F. The number of nitrogens with two attached hydrogens (primary N) is 1. The first-order valence-electron chi connectivity index (χ1n) is 6.46. The van der Waals surface area contributed by atoms with Crippen molar-refractivity contribution in [2.24, 2.45) is 5.73 Å². The topological polar surface area (TPSA) is 77.2 Å². The van der Waals surface area contributed by atoms with E-state index in [1.165, 1.54) is 23.5 Å². The van der Waals surface area contributed by atoms with Crippen molar-refractivity contribution in [1.29, 1.82) is 0 Å². The number of nitrogens with zero attached hydrogens (tertiary/aromatic N) is 1. The van der Waals surface area contributed by atoms with Crippen LogP contribution in [0.1, 0.15) is 35.4 Å². The van der Waals surface area contributed by atoms with E-state index in [1.54, 1.807) is 25.3 Å². The second-order valence-electron chi connectivity index (χ2n) is 4.39. The Morgan fingerprint density at radius 2 is 2.33 bits per heavy atom. The predicted octanol–water partition coefficient (Wildman–Crippen LogP) is 2.95. The molecule has 0 saturated carbocycles. The molecule has 7 heteroatoms. The highest BCUT2D eigenvalue weighted by Gasteiger charge is 2.14. The van der Waals surface area contributed by atoms with Gasteiger partial charge in [-0.15, -0.1) is 11.3 Å². The van der Waals surface area contributed by atoms with Crippen molar-refractivity contribution in [3.8, 4) is 5.75 Å². The maximum Gasteiger partial charge on any atom is 0.275 e. The van der Waals surface area contributed by atoms with Gasteiger partial charge in [-0.2, -0.15) is 0 Å². The van der Waals surface area contributed by atoms with Gasteiger partial charge in [0.25, 0.3) is 5.91 Å². The zero-order chi connectivity index (χ0) is 15.4. The van der Waals surface area contributed by atoms with Crippen molar-refractivity contribution in [2.45, 2.75) is 19.9 Å². The molecule has 0 radical (unpaired) electrons. The van der Waals surface area contributed by atoms with Crippen LogP contribution in [0.5, 0.6) is 5.75 Å². The van der Waals surface area contributed by atoms with Crippen LogP contribution < -0.4 is 15.8 Å². The smallest absolute Gasteiger partial charge is 0.275 e. The summed E-state index contributed by atoms with van der Waals surface area (Å²) >= 11 is 1.32. The van der Waals surface area contributed by atoms with Gasteiger partial charge in [-0.25, -0.2) is 9.37 Å². The Bertz CT molecular complexity index is 643. The molecule has 1 atom stereocenters. The summed E-state index contributed by atoms with van der Waals surface area (Å²) < 4.78 is 18.8. The number of carbonyl (C=O) groups is 1. The lowest BCUT2D eigenvalue weighted by Gasteiger charge is -2.07. The first-order valence-corrected chi connectivity index (χ1v) is 7.34. The van der Waals surface area contributed by atoms with Crippen molar-refractivity contribution >= 4 is 22.9 Å². The Hall–Kier alpha value is -1.99. The first-order chi connectivity index (χ1) is 10.0. The molecule has 0 spiro atoms. The Labute approximate surface area is 126 Å². The number of hydrogen-bond donors (Lipinski definition) is 2. The molecule has 3 N–H and O–H groups in total. The average molecular weight is 309 g/mol. The lowest BCUT2D eigenvalue weighted by molar-refractivity contribution is 0.102. The number of nitrogens with one attached hydrogen (secondary N) is 1. The molecule has 5 nitrogen and oxygen atoms in total. The van der Waals surface area contributed by atoms with Crippen LogP contribution >= 0.6 is 11.3 Å². The van der Waals surface area contributed by atoms with Gasteiger partial charge in [0.05, 0.1) is 12.6 Å². The average Bonchev–Trinajstić information content (AvgIpc) is 2.92. The van der Waals surface area contributed by atoms with Gasteiger partial charge in [0.2, 0.25) is 0 Å². The lowest BCUT2D eigenvalue weighted by atomic mass is 10.2. The first kappa shape index (κ1) is 15.4. The Kier molecular flexibility index (Phi) is 4.87. The number of benzene rings is 1. The van der Waals surface area contributed by atoms with Crippen LogP contribution in [0.15, 0.2) is 23.6 Å². The van der Waals surface area contributed by atoms with Crippen LogP contribution in [0.2, 0.25) is 0 Å². The Morgan fingerprint density at radius 1 is 1.57 bits per heavy atom. The van der Waals surface area contributed by atoms with E-state index >= 15 is 0 Å². The quantitative estimate of drug-likeness (QED) is 0.890. The minimum Gasteiger partial charge on any atom is -0.491 e. The molecule has 112 valence electrons. The van der Waals surface area contributed by atoms with Gasteiger partial charge >= 0.3 is 0 Å². The molecule has 1 aromatic carbocycles. The van der Waals surface area contributed by atoms with Gasteiger partial charge in [0.15, 0.2) is 11.6 Å². The molecule has 0 fully saturated rings. The summed E-state index contributed by atoms with van der Waals surface area (Å²) in [5, 5.41) is 4.89. The molecule has 0 aliphatic carbocycles. The van der Waals surface area contributed by atoms with Gasteiger partial charge in [0, 0.05) is 17.1 Å². The molecule has 0 aliphatic heterocycles. The van der Waals surface area contributed by atoms with Crippen LogP contribution in [0.3, 0.4) is 0 Å². The number of rotatable bonds is 5. The van der Waals surface area contributed by atoms with E-state index in [1.807, 2.05) is 0 Å². The molecule has 1 heterocycles. The van der Waals surface area contributed by atoms with E-state index in [0.29, 0.717) is 17.3 Å². The number of anilines is 1. The number of carbonyl (C=O) groups excluding carboxylic acids is 1. The number of thiazole rings is 1. The van der Waals surface area contributed by atoms with Gasteiger partial charge < -0.3 is 15.8 Å². The lowest BCUT2D eigenvalue weighted by Crippen LogP contribution is -2.13. The van der Waals surface area contributed by atoms with Crippen LogP contribution in [0.25, 0.3) is 0 Å². The molecule has 0 saturated heterocycles. The van der Waals surface area contributed by atoms with E-state index in [2.05, 4.69) is 10.3 Å². The number of amides is 1. The van der Waals surface area contributed by atoms with Crippen molar-refractivity contribution < 1.29 is 13.9 Å². The highest BCUT2D eigenvalue weighted by atomic mass is 32.1. The number of hydrogen-bond acceptors (Lipinski definition) is 5. The summed E-state index contributed by atoms with van der Waals surface area (Å²) in [6.07, 6.45) is 0. The van der Waals surface area contributed by atoms with Crippen LogP contribution in [-0.2, 0) is 0 Å². The van der Waals surface area contributed by atoms with Gasteiger partial charge in [-0.05, 0) is 26.0 Å². The highest BCUT2D eigenvalue weighted by Crippen LogP contribution is 2.22. The predicted molar refractivity (Wildman–Crippen MR) is 80.2 cm³/mol. The third-order valence-corrected chi connectivity index (χ3v) is 3.68. The molecule has 1 aromatic heterocycles. The molecular formula is C14H16FN3O2S. The van der Waals surface area contributed by atoms with E-state index in [-0.39, 0.29) is 17.5 Å². The van der Waals surface area contributed by atoms with Crippen molar-refractivity contribution in [1.82, 2.24) is 4.98 Å². The standard InChI is InChI=1S/C14H16FN3O2S/c1-3-20-12-5-4-9(6-10(12)15)17-13(19)11-7-21-14(18-11)8(2)16/h4-8H,3,16H2,1-2H3,(H,17,19). The highest BCUT2D eigenvalue weighted by molar-refractivity contribution is 7.09. The third kappa shape index (κ3) is 3.77. The van der Waals surface area contributed by atoms with Crippen molar-refractivity contribution in [3.05, 3.63) is 40.1 Å². The second kappa shape index (κ2) is 6.64. The molecule has 2 rings (SSSR count). The maximum absolute atomic E-state index is 13.7. The minimum absolute atomic E-state index is 0.156. The minimum atomic E-state index is -0.524. The summed E-state index contributed by atoms with van der Waals surface area (Å²) in [7, 11) is 0. The van der Waals surface area contributed by atoms with E-state index in [9.17, 15) is 9.18 Å². The number of halogens is 1. The summed E-state index contributed by atoms with van der Waals surface area (Å²) in [5.41, 5.74) is 6.31. The van der Waals surface area contributed by atoms with Crippen molar-refractivity contribution in [2.75, 3.05) is 11.9 Å². The van der Waals surface area contributed by atoms with Gasteiger partial charge in [0.1, 0.15) is 10.7 Å². The van der Waals surface area contributed by atoms with E-state index < -0.39 is 11.7 Å². The summed E-state index contributed by atoms with van der Waals surface area (Å²) in [6.45, 7) is 3.94. The fourth-order valence-electron chi connectivity index (χ4n) is 1.65. The second-order valence-corrected chi connectivity index (χ2v) is 5.28. The molecule has 21 heavy (non-hydrogen) atoms. The molecule has 1 amide bonds. The summed E-state index contributed by atoms with van der Waals surface area (Å²) in [4.78, 5) is 16.1. The fourth-order valence-corrected chi connectivity index (χ4v) is 2.41. The van der Waals surface area contributed by atoms with Gasteiger partial charge in [-0.3, -0.25) is 4.79 Å². The number of aromatic nitrogens is 1. The van der Waals surface area contributed by atoms with E-state index in [4.69, 9.17) is 10.5 Å². The third-order valence-electron chi connectivity index (χ3n) is 2.63. The Morgan fingerprint density at radius 3 is 2.90 bits per heavy atom. The zero-order valence-electron chi connectivity index (χ0n) is 11.7. The summed E-state index contributed by atoms with van der Waals surface area (Å²) in [5.74, 6) is -0.769. The molecule has 0 aliphatic rings. The monoisotopic (exact) mass is 309 g/mol. The molecule has 0 bridgehead atoms. The van der Waals surface area contributed by atoms with E-state index in [0.717, 1.165) is 0 Å². The Balaban J connectivity index is 2.10. The van der Waals surface area contributed by atoms with Crippen LogP contribution in [-0.4, -0.2) is 17.5 Å². The molecule has 2 aromatic rings. The molecular weight excluding hydrogens is 293 g/mol. The normalized spacial score (nSPS) is 12.0. The fraction of sp³-hybridized carbons (Fsp3) is 0.286. The van der Waals surface area contributed by atoms with Gasteiger partial charge in [-0.1, -0.05) is 0 Å². The van der Waals surface area contributed by atoms with Crippen LogP contribution in [0, 0.1) is 5.82 Å².